The maximum Gasteiger partial charge on any atom is 0.254 e. The van der Waals surface area contributed by atoms with Gasteiger partial charge in [-0.15, -0.1) is 0 Å². The lowest BCUT2D eigenvalue weighted by Gasteiger charge is -2.40. The van der Waals surface area contributed by atoms with Crippen LogP contribution in [0.15, 0.2) is 60.9 Å². The molecule has 1 aliphatic heterocycles. The van der Waals surface area contributed by atoms with Gasteiger partial charge in [-0.1, -0.05) is 18.2 Å². The minimum atomic E-state index is 0.0572. The molecule has 1 atom stereocenters. The second-order valence-corrected chi connectivity index (χ2v) is 7.60. The van der Waals surface area contributed by atoms with Crippen molar-refractivity contribution in [2.24, 2.45) is 0 Å². The van der Waals surface area contributed by atoms with Gasteiger partial charge in [0.1, 0.15) is 23.6 Å². The fourth-order valence-electron chi connectivity index (χ4n) is 3.76. The zero-order valence-electron chi connectivity index (χ0n) is 18.0. The first-order chi connectivity index (χ1) is 15.0. The third kappa shape index (κ3) is 4.60. The fourth-order valence-corrected chi connectivity index (χ4v) is 3.76. The second kappa shape index (κ2) is 9.04. The van der Waals surface area contributed by atoms with Crippen LogP contribution in [-0.2, 0) is 0 Å². The Morgan fingerprint density at radius 3 is 2.48 bits per heavy atom. The molecule has 2 aromatic carbocycles. The van der Waals surface area contributed by atoms with Crippen LogP contribution in [0.2, 0.25) is 0 Å². The standard InChI is InChI=1S/C24H26N4O3/c1-17-6-4-5-7-21(17)24(29)28-13-12-27(15-18(28)2)22-14-23(26-16-25-22)31-20-10-8-19(30-3)9-11-20/h4-11,14,16,18H,12-13,15H2,1-3H3. The van der Waals surface area contributed by atoms with Crippen LogP contribution in [0.25, 0.3) is 0 Å². The molecule has 31 heavy (non-hydrogen) atoms. The van der Waals surface area contributed by atoms with Gasteiger partial charge in [0.2, 0.25) is 5.88 Å². The van der Waals surface area contributed by atoms with Crippen molar-refractivity contribution < 1.29 is 14.3 Å². The van der Waals surface area contributed by atoms with Crippen LogP contribution in [0.1, 0.15) is 22.8 Å². The number of anilines is 1. The lowest BCUT2D eigenvalue weighted by atomic mass is 10.1. The van der Waals surface area contributed by atoms with Crippen molar-refractivity contribution in [1.29, 1.82) is 0 Å². The van der Waals surface area contributed by atoms with E-state index in [1.807, 2.05) is 66.4 Å². The van der Waals surface area contributed by atoms with Crippen LogP contribution in [0.5, 0.6) is 17.4 Å². The molecule has 160 valence electrons. The number of piperazine rings is 1. The van der Waals surface area contributed by atoms with E-state index in [0.717, 1.165) is 22.7 Å². The first kappa shape index (κ1) is 20.7. The van der Waals surface area contributed by atoms with Gasteiger partial charge in [-0.25, -0.2) is 9.97 Å². The number of hydrogen-bond donors (Lipinski definition) is 0. The molecule has 0 aliphatic carbocycles. The molecule has 0 radical (unpaired) electrons. The van der Waals surface area contributed by atoms with Crippen LogP contribution < -0.4 is 14.4 Å². The molecule has 1 saturated heterocycles. The van der Waals surface area contributed by atoms with Crippen LogP contribution in [0.4, 0.5) is 5.82 Å². The third-order valence-electron chi connectivity index (χ3n) is 5.50. The van der Waals surface area contributed by atoms with E-state index in [1.54, 1.807) is 7.11 Å². The lowest BCUT2D eigenvalue weighted by Crippen LogP contribution is -2.54. The first-order valence-corrected chi connectivity index (χ1v) is 10.3. The van der Waals surface area contributed by atoms with Crippen molar-refractivity contribution in [1.82, 2.24) is 14.9 Å². The Morgan fingerprint density at radius 2 is 1.77 bits per heavy atom. The van der Waals surface area contributed by atoms with E-state index in [-0.39, 0.29) is 11.9 Å². The summed E-state index contributed by atoms with van der Waals surface area (Å²) < 4.78 is 11.0. The van der Waals surface area contributed by atoms with Crippen LogP contribution in [0, 0.1) is 6.92 Å². The summed E-state index contributed by atoms with van der Waals surface area (Å²) >= 11 is 0. The van der Waals surface area contributed by atoms with Crippen LogP contribution in [-0.4, -0.2) is 53.6 Å². The monoisotopic (exact) mass is 418 g/mol. The van der Waals surface area contributed by atoms with Gasteiger partial charge in [0.05, 0.1) is 7.11 Å². The summed E-state index contributed by atoms with van der Waals surface area (Å²) in [4.78, 5) is 25.8. The highest BCUT2D eigenvalue weighted by atomic mass is 16.5. The van der Waals surface area contributed by atoms with E-state index >= 15 is 0 Å². The van der Waals surface area contributed by atoms with E-state index in [4.69, 9.17) is 9.47 Å². The number of methoxy groups -OCH3 is 1. The summed E-state index contributed by atoms with van der Waals surface area (Å²) in [6.45, 7) is 6.06. The number of ether oxygens (including phenoxy) is 2. The van der Waals surface area contributed by atoms with Gasteiger partial charge in [0.25, 0.3) is 5.91 Å². The number of hydrogen-bond acceptors (Lipinski definition) is 6. The molecule has 7 heteroatoms. The molecule has 2 heterocycles. The summed E-state index contributed by atoms with van der Waals surface area (Å²) in [5.74, 6) is 2.78. The van der Waals surface area contributed by atoms with Crippen molar-refractivity contribution in [2.45, 2.75) is 19.9 Å². The Kier molecular flexibility index (Phi) is 6.02. The molecule has 4 rings (SSSR count). The SMILES string of the molecule is COc1ccc(Oc2cc(N3CCN(C(=O)c4ccccc4C)C(C)C3)ncn2)cc1. The predicted molar refractivity (Wildman–Crippen MR) is 119 cm³/mol. The summed E-state index contributed by atoms with van der Waals surface area (Å²) in [7, 11) is 1.63. The molecular formula is C24H26N4O3. The molecule has 1 amide bonds. The Balaban J connectivity index is 1.43. The third-order valence-corrected chi connectivity index (χ3v) is 5.50. The predicted octanol–water partition coefficient (Wildman–Crippen LogP) is 3.94. The molecule has 1 unspecified atom stereocenters. The van der Waals surface area contributed by atoms with E-state index in [1.165, 1.54) is 6.33 Å². The van der Waals surface area contributed by atoms with Crippen LogP contribution in [0.3, 0.4) is 0 Å². The highest BCUT2D eigenvalue weighted by Crippen LogP contribution is 2.26. The van der Waals surface area contributed by atoms with Crippen molar-refractivity contribution in [2.75, 3.05) is 31.6 Å². The lowest BCUT2D eigenvalue weighted by molar-refractivity contribution is 0.0673. The number of carbonyl (C=O) groups excluding carboxylic acids is 1. The molecule has 0 saturated carbocycles. The number of amides is 1. The maximum absolute atomic E-state index is 13.0. The van der Waals surface area contributed by atoms with Gasteiger partial charge < -0.3 is 19.3 Å². The fraction of sp³-hybridized carbons (Fsp3) is 0.292. The zero-order chi connectivity index (χ0) is 21.8. The van der Waals surface area contributed by atoms with Gasteiger partial charge >= 0.3 is 0 Å². The van der Waals surface area contributed by atoms with E-state index in [2.05, 4.69) is 21.8 Å². The average Bonchev–Trinajstić information content (AvgIpc) is 2.79. The largest absolute Gasteiger partial charge is 0.497 e. The topological polar surface area (TPSA) is 67.8 Å². The molecule has 1 aliphatic rings. The summed E-state index contributed by atoms with van der Waals surface area (Å²) in [6.07, 6.45) is 1.50. The molecule has 0 spiro atoms. The molecule has 1 fully saturated rings. The van der Waals surface area contributed by atoms with Gasteiger partial charge in [-0.2, -0.15) is 0 Å². The average molecular weight is 418 g/mol. The number of aryl methyl sites for hydroxylation is 1. The highest BCUT2D eigenvalue weighted by molar-refractivity contribution is 5.96. The smallest absolute Gasteiger partial charge is 0.254 e. The van der Waals surface area contributed by atoms with Gasteiger partial charge in [-0.3, -0.25) is 4.79 Å². The van der Waals surface area contributed by atoms with E-state index in [0.29, 0.717) is 31.3 Å². The van der Waals surface area contributed by atoms with E-state index < -0.39 is 0 Å². The van der Waals surface area contributed by atoms with Crippen molar-refractivity contribution in [3.05, 3.63) is 72.1 Å². The highest BCUT2D eigenvalue weighted by Gasteiger charge is 2.29. The minimum absolute atomic E-state index is 0.0572. The Bertz CT molecular complexity index is 1050. The minimum Gasteiger partial charge on any atom is -0.497 e. The normalized spacial score (nSPS) is 16.2. The zero-order valence-corrected chi connectivity index (χ0v) is 18.0. The molecule has 7 nitrogen and oxygen atoms in total. The Hall–Kier alpha value is -3.61. The van der Waals surface area contributed by atoms with Crippen molar-refractivity contribution in [3.8, 4) is 17.4 Å². The number of aromatic nitrogens is 2. The number of nitrogens with zero attached hydrogens (tertiary/aromatic N) is 4. The van der Waals surface area contributed by atoms with Gasteiger partial charge in [0.15, 0.2) is 0 Å². The molecular weight excluding hydrogens is 392 g/mol. The quantitative estimate of drug-likeness (QED) is 0.625. The van der Waals surface area contributed by atoms with E-state index in [9.17, 15) is 4.79 Å². The number of benzene rings is 2. The van der Waals surface area contributed by atoms with Gasteiger partial charge in [0, 0.05) is 37.3 Å². The maximum atomic E-state index is 13.0. The molecule has 0 N–H and O–H groups in total. The molecule has 1 aromatic heterocycles. The summed E-state index contributed by atoms with van der Waals surface area (Å²) in [5, 5.41) is 0. The Labute approximate surface area is 182 Å². The number of carbonyl (C=O) groups is 1. The summed E-state index contributed by atoms with van der Waals surface area (Å²) in [5.41, 5.74) is 1.76. The van der Waals surface area contributed by atoms with Crippen molar-refractivity contribution >= 4 is 11.7 Å². The first-order valence-electron chi connectivity index (χ1n) is 10.3. The summed E-state index contributed by atoms with van der Waals surface area (Å²) in [6, 6.07) is 17.0. The second-order valence-electron chi connectivity index (χ2n) is 7.60. The van der Waals surface area contributed by atoms with Crippen LogP contribution >= 0.6 is 0 Å². The molecule has 3 aromatic rings. The molecule has 0 bridgehead atoms. The van der Waals surface area contributed by atoms with Crippen molar-refractivity contribution in [3.63, 3.8) is 0 Å². The number of rotatable bonds is 5. The Morgan fingerprint density at radius 1 is 1.03 bits per heavy atom. The van der Waals surface area contributed by atoms with Gasteiger partial charge in [-0.05, 0) is 49.7 Å².